The first-order valence-corrected chi connectivity index (χ1v) is 8.13. The molecule has 9 nitrogen and oxygen atoms in total. The van der Waals surface area contributed by atoms with Crippen molar-refractivity contribution in [1.82, 2.24) is 14.5 Å². The SMILES string of the molecule is COc1ncnc2c1ccn2[C@H]1CC[C@@H](COS(N)(=O)=O)O1. The van der Waals surface area contributed by atoms with Gasteiger partial charge in [0.25, 0.3) is 0 Å². The van der Waals surface area contributed by atoms with Gasteiger partial charge in [-0.1, -0.05) is 0 Å². The van der Waals surface area contributed by atoms with Crippen LogP contribution in [-0.2, 0) is 19.2 Å². The molecular formula is C12H16N4O5S. The number of fused-ring (bicyclic) bond motifs is 1. The maximum atomic E-state index is 10.8. The van der Waals surface area contributed by atoms with Crippen LogP contribution in [0.15, 0.2) is 18.6 Å². The first kappa shape index (κ1) is 15.2. The minimum absolute atomic E-state index is 0.0904. The molecule has 0 aromatic carbocycles. The molecule has 2 aromatic rings. The third-order valence-electron chi connectivity index (χ3n) is 3.48. The Morgan fingerprint density at radius 2 is 2.27 bits per heavy atom. The third-order valence-corrected chi connectivity index (χ3v) is 3.94. The molecule has 1 aliphatic heterocycles. The van der Waals surface area contributed by atoms with E-state index in [1.165, 1.54) is 6.33 Å². The zero-order chi connectivity index (χ0) is 15.7. The number of rotatable bonds is 5. The van der Waals surface area contributed by atoms with Gasteiger partial charge < -0.3 is 14.0 Å². The number of ether oxygens (including phenoxy) is 2. The van der Waals surface area contributed by atoms with Gasteiger partial charge in [-0.2, -0.15) is 8.42 Å². The summed E-state index contributed by atoms with van der Waals surface area (Å²) >= 11 is 0. The summed E-state index contributed by atoms with van der Waals surface area (Å²) in [6.45, 7) is -0.0904. The summed E-state index contributed by atoms with van der Waals surface area (Å²) in [5, 5.41) is 5.60. The van der Waals surface area contributed by atoms with E-state index in [0.717, 1.165) is 11.8 Å². The first-order valence-electron chi connectivity index (χ1n) is 6.66. The highest BCUT2D eigenvalue weighted by Crippen LogP contribution is 2.32. The van der Waals surface area contributed by atoms with E-state index in [-0.39, 0.29) is 18.9 Å². The summed E-state index contributed by atoms with van der Waals surface area (Å²) < 4.78 is 39.1. The lowest BCUT2D eigenvalue weighted by Crippen LogP contribution is -2.23. The Morgan fingerprint density at radius 1 is 1.45 bits per heavy atom. The quantitative estimate of drug-likeness (QED) is 0.840. The largest absolute Gasteiger partial charge is 0.480 e. The molecule has 1 aliphatic rings. The Hall–Kier alpha value is -1.75. The van der Waals surface area contributed by atoms with E-state index >= 15 is 0 Å². The lowest BCUT2D eigenvalue weighted by molar-refractivity contribution is -0.0146. The van der Waals surface area contributed by atoms with Crippen molar-refractivity contribution in [1.29, 1.82) is 0 Å². The molecule has 120 valence electrons. The van der Waals surface area contributed by atoms with Crippen molar-refractivity contribution in [3.8, 4) is 5.88 Å². The number of hydrogen-bond acceptors (Lipinski definition) is 7. The Kier molecular flexibility index (Phi) is 4.00. The van der Waals surface area contributed by atoms with E-state index in [1.54, 1.807) is 7.11 Å². The molecule has 0 aliphatic carbocycles. The second kappa shape index (κ2) is 5.80. The average Bonchev–Trinajstić information content (AvgIpc) is 3.10. The van der Waals surface area contributed by atoms with Gasteiger partial charge in [-0.15, -0.1) is 0 Å². The van der Waals surface area contributed by atoms with Crippen LogP contribution in [0.2, 0.25) is 0 Å². The van der Waals surface area contributed by atoms with Crippen LogP contribution >= 0.6 is 0 Å². The standard InChI is InChI=1S/C12H16N4O5S/c1-19-12-9-4-5-16(11(9)14-7-15-12)10-3-2-8(21-10)6-20-22(13,17)18/h4-5,7-8,10H,2-3,6H2,1H3,(H2,13,17,18)/t8-,10+/m0/s1. The Labute approximate surface area is 127 Å². The molecule has 3 rings (SSSR count). The second-order valence-corrected chi connectivity index (χ2v) is 6.13. The molecule has 22 heavy (non-hydrogen) atoms. The molecule has 3 heterocycles. The zero-order valence-corrected chi connectivity index (χ0v) is 12.7. The fourth-order valence-electron chi connectivity index (χ4n) is 2.53. The van der Waals surface area contributed by atoms with Gasteiger partial charge in [0, 0.05) is 6.20 Å². The number of methoxy groups -OCH3 is 1. The summed E-state index contributed by atoms with van der Waals surface area (Å²) in [5.41, 5.74) is 0.699. The monoisotopic (exact) mass is 328 g/mol. The van der Waals surface area contributed by atoms with Gasteiger partial charge >= 0.3 is 10.3 Å². The summed E-state index contributed by atoms with van der Waals surface area (Å²) in [6, 6.07) is 1.85. The molecule has 1 fully saturated rings. The van der Waals surface area contributed by atoms with Crippen molar-refractivity contribution < 1.29 is 22.1 Å². The van der Waals surface area contributed by atoms with E-state index in [9.17, 15) is 8.42 Å². The van der Waals surface area contributed by atoms with Crippen molar-refractivity contribution in [3.63, 3.8) is 0 Å². The van der Waals surface area contributed by atoms with Crippen LogP contribution in [0.3, 0.4) is 0 Å². The van der Waals surface area contributed by atoms with E-state index < -0.39 is 10.3 Å². The molecule has 2 atom stereocenters. The average molecular weight is 328 g/mol. The second-order valence-electron chi connectivity index (χ2n) is 4.91. The van der Waals surface area contributed by atoms with Crippen LogP contribution in [-0.4, -0.2) is 42.8 Å². The van der Waals surface area contributed by atoms with Crippen molar-refractivity contribution in [2.75, 3.05) is 13.7 Å². The summed E-state index contributed by atoms with van der Waals surface area (Å²) in [6.07, 6.45) is 4.08. The number of nitrogens with two attached hydrogens (primary N) is 1. The first-order chi connectivity index (χ1) is 10.5. The van der Waals surface area contributed by atoms with Crippen molar-refractivity contribution in [2.24, 2.45) is 5.14 Å². The van der Waals surface area contributed by atoms with Crippen LogP contribution in [0.1, 0.15) is 19.1 Å². The molecular weight excluding hydrogens is 312 g/mol. The molecule has 10 heteroatoms. The number of aromatic nitrogens is 3. The molecule has 0 radical (unpaired) electrons. The lowest BCUT2D eigenvalue weighted by atomic mass is 10.2. The fourth-order valence-corrected chi connectivity index (χ4v) is 2.87. The van der Waals surface area contributed by atoms with Gasteiger partial charge in [0.1, 0.15) is 18.2 Å². The predicted molar refractivity (Wildman–Crippen MR) is 76.3 cm³/mol. The highest BCUT2D eigenvalue weighted by molar-refractivity contribution is 7.84. The molecule has 0 unspecified atom stereocenters. The van der Waals surface area contributed by atoms with Crippen molar-refractivity contribution in [2.45, 2.75) is 25.2 Å². The summed E-state index contributed by atoms with van der Waals surface area (Å²) in [5.74, 6) is 0.496. The topological polar surface area (TPSA) is 119 Å². The predicted octanol–water partition coefficient (Wildman–Crippen LogP) is 0.338. The molecule has 0 spiro atoms. The Morgan fingerprint density at radius 3 is 3.00 bits per heavy atom. The van der Waals surface area contributed by atoms with E-state index in [2.05, 4.69) is 14.2 Å². The van der Waals surface area contributed by atoms with Gasteiger partial charge in [0.15, 0.2) is 0 Å². The van der Waals surface area contributed by atoms with Crippen LogP contribution < -0.4 is 9.88 Å². The Balaban J connectivity index is 1.76. The smallest absolute Gasteiger partial charge is 0.333 e. The number of nitrogens with zero attached hydrogens (tertiary/aromatic N) is 3. The Bertz CT molecular complexity index is 775. The van der Waals surface area contributed by atoms with E-state index in [0.29, 0.717) is 17.9 Å². The maximum absolute atomic E-state index is 10.8. The minimum atomic E-state index is -3.95. The lowest BCUT2D eigenvalue weighted by Gasteiger charge is -2.15. The van der Waals surface area contributed by atoms with Crippen LogP contribution in [0.25, 0.3) is 11.0 Å². The van der Waals surface area contributed by atoms with Gasteiger partial charge in [0.05, 0.1) is 25.2 Å². The minimum Gasteiger partial charge on any atom is -0.480 e. The highest BCUT2D eigenvalue weighted by Gasteiger charge is 2.29. The molecule has 0 saturated carbocycles. The maximum Gasteiger partial charge on any atom is 0.333 e. The van der Waals surface area contributed by atoms with E-state index in [4.69, 9.17) is 14.6 Å². The fraction of sp³-hybridized carbons (Fsp3) is 0.500. The highest BCUT2D eigenvalue weighted by atomic mass is 32.2. The van der Waals surface area contributed by atoms with Crippen LogP contribution in [0, 0.1) is 0 Å². The van der Waals surface area contributed by atoms with Crippen LogP contribution in [0.5, 0.6) is 5.88 Å². The van der Waals surface area contributed by atoms with Gasteiger partial charge in [0.2, 0.25) is 5.88 Å². The van der Waals surface area contributed by atoms with Crippen LogP contribution in [0.4, 0.5) is 0 Å². The molecule has 0 amide bonds. The van der Waals surface area contributed by atoms with Gasteiger partial charge in [-0.3, -0.25) is 4.18 Å². The normalized spacial score (nSPS) is 22.3. The molecule has 1 saturated heterocycles. The summed E-state index contributed by atoms with van der Waals surface area (Å²) in [4.78, 5) is 8.30. The van der Waals surface area contributed by atoms with Crippen molar-refractivity contribution in [3.05, 3.63) is 18.6 Å². The zero-order valence-electron chi connectivity index (χ0n) is 11.9. The number of hydrogen-bond donors (Lipinski definition) is 1. The molecule has 2 N–H and O–H groups in total. The van der Waals surface area contributed by atoms with Gasteiger partial charge in [-0.05, 0) is 18.9 Å². The van der Waals surface area contributed by atoms with Crippen molar-refractivity contribution >= 4 is 21.3 Å². The molecule has 2 aromatic heterocycles. The molecule has 0 bridgehead atoms. The van der Waals surface area contributed by atoms with Gasteiger partial charge in [-0.25, -0.2) is 15.1 Å². The third kappa shape index (κ3) is 3.04. The van der Waals surface area contributed by atoms with E-state index in [1.807, 2.05) is 16.8 Å². The summed E-state index contributed by atoms with van der Waals surface area (Å²) in [7, 11) is -2.40.